The lowest BCUT2D eigenvalue weighted by Crippen LogP contribution is -2.54. The molecule has 28 heavy (non-hydrogen) atoms. The van der Waals surface area contributed by atoms with Crippen LogP contribution in [0, 0.1) is 5.92 Å². The SMILES string of the molecule is CCNC(=NCC1CCCN(C(C)C)C1)N1CCN(C(=O)c2ccco2)CC1. The molecule has 2 fully saturated rings. The van der Waals surface area contributed by atoms with Crippen LogP contribution in [0.1, 0.15) is 44.2 Å². The van der Waals surface area contributed by atoms with E-state index in [1.807, 2.05) is 4.90 Å². The molecule has 1 N–H and O–H groups in total. The fourth-order valence-corrected chi connectivity index (χ4v) is 4.03. The second-order valence-corrected chi connectivity index (χ2v) is 8.05. The van der Waals surface area contributed by atoms with Gasteiger partial charge >= 0.3 is 0 Å². The van der Waals surface area contributed by atoms with Gasteiger partial charge in [0.05, 0.1) is 6.26 Å². The summed E-state index contributed by atoms with van der Waals surface area (Å²) in [5, 5.41) is 3.44. The van der Waals surface area contributed by atoms with Gasteiger partial charge in [0, 0.05) is 51.9 Å². The van der Waals surface area contributed by atoms with Crippen LogP contribution in [0.5, 0.6) is 0 Å². The van der Waals surface area contributed by atoms with Crippen molar-refractivity contribution in [1.82, 2.24) is 20.0 Å². The van der Waals surface area contributed by atoms with Crippen LogP contribution in [0.3, 0.4) is 0 Å². The van der Waals surface area contributed by atoms with Crippen molar-refractivity contribution in [3.63, 3.8) is 0 Å². The van der Waals surface area contributed by atoms with Crippen LogP contribution < -0.4 is 5.32 Å². The number of nitrogens with one attached hydrogen (secondary N) is 1. The number of aliphatic imine (C=N–C) groups is 1. The highest BCUT2D eigenvalue weighted by molar-refractivity contribution is 5.91. The summed E-state index contributed by atoms with van der Waals surface area (Å²) in [4.78, 5) is 24.1. The first-order chi connectivity index (χ1) is 13.6. The minimum absolute atomic E-state index is 0.0254. The minimum atomic E-state index is -0.0254. The number of hydrogen-bond donors (Lipinski definition) is 1. The summed E-state index contributed by atoms with van der Waals surface area (Å²) < 4.78 is 5.25. The molecule has 7 nitrogen and oxygen atoms in total. The van der Waals surface area contributed by atoms with Gasteiger partial charge in [-0.25, -0.2) is 0 Å². The van der Waals surface area contributed by atoms with E-state index in [1.165, 1.54) is 19.4 Å². The van der Waals surface area contributed by atoms with Crippen molar-refractivity contribution in [3.05, 3.63) is 24.2 Å². The fraction of sp³-hybridized carbons (Fsp3) is 0.714. The van der Waals surface area contributed by atoms with Gasteiger partial charge < -0.3 is 24.4 Å². The van der Waals surface area contributed by atoms with E-state index in [2.05, 4.69) is 35.9 Å². The third-order valence-corrected chi connectivity index (χ3v) is 5.71. The maximum Gasteiger partial charge on any atom is 0.289 e. The summed E-state index contributed by atoms with van der Waals surface area (Å²) in [6, 6.07) is 4.09. The Morgan fingerprint density at radius 3 is 2.64 bits per heavy atom. The van der Waals surface area contributed by atoms with Crippen LogP contribution in [0.25, 0.3) is 0 Å². The molecule has 0 radical (unpaired) electrons. The highest BCUT2D eigenvalue weighted by atomic mass is 16.3. The van der Waals surface area contributed by atoms with Gasteiger partial charge in [-0.1, -0.05) is 0 Å². The van der Waals surface area contributed by atoms with Crippen LogP contribution in [-0.2, 0) is 0 Å². The Morgan fingerprint density at radius 1 is 1.25 bits per heavy atom. The normalized spacial score (nSPS) is 22.0. The molecule has 1 atom stereocenters. The maximum absolute atomic E-state index is 12.4. The van der Waals surface area contributed by atoms with Crippen molar-refractivity contribution in [1.29, 1.82) is 0 Å². The van der Waals surface area contributed by atoms with E-state index in [0.717, 1.165) is 38.7 Å². The Morgan fingerprint density at radius 2 is 2.00 bits per heavy atom. The van der Waals surface area contributed by atoms with Gasteiger partial charge in [-0.3, -0.25) is 9.79 Å². The van der Waals surface area contributed by atoms with E-state index >= 15 is 0 Å². The number of carbonyl (C=O) groups excluding carboxylic acids is 1. The molecule has 1 aromatic heterocycles. The topological polar surface area (TPSA) is 64.3 Å². The molecule has 0 aromatic carbocycles. The molecule has 156 valence electrons. The number of hydrogen-bond acceptors (Lipinski definition) is 4. The number of furan rings is 1. The highest BCUT2D eigenvalue weighted by Crippen LogP contribution is 2.19. The third kappa shape index (κ3) is 5.28. The summed E-state index contributed by atoms with van der Waals surface area (Å²) in [6.45, 7) is 13.7. The van der Waals surface area contributed by atoms with Crippen molar-refractivity contribution in [2.45, 2.75) is 39.7 Å². The molecule has 2 aliphatic heterocycles. The number of guanidine groups is 1. The van der Waals surface area contributed by atoms with Crippen LogP contribution in [0.15, 0.2) is 27.8 Å². The number of likely N-dealkylation sites (tertiary alicyclic amines) is 1. The number of carbonyl (C=O) groups is 1. The molecular weight excluding hydrogens is 354 g/mol. The molecule has 2 saturated heterocycles. The summed E-state index contributed by atoms with van der Waals surface area (Å²) in [6.07, 6.45) is 4.07. The van der Waals surface area contributed by atoms with Crippen LogP contribution in [-0.4, -0.2) is 85.0 Å². The first-order valence-electron chi connectivity index (χ1n) is 10.7. The Bertz CT molecular complexity index is 635. The van der Waals surface area contributed by atoms with Crippen molar-refractivity contribution < 1.29 is 9.21 Å². The molecule has 2 aliphatic rings. The van der Waals surface area contributed by atoms with Crippen molar-refractivity contribution in [3.8, 4) is 0 Å². The molecule has 0 bridgehead atoms. The first kappa shape index (κ1) is 20.7. The summed E-state index contributed by atoms with van der Waals surface area (Å²) in [7, 11) is 0. The van der Waals surface area contributed by atoms with E-state index < -0.39 is 0 Å². The van der Waals surface area contributed by atoms with Crippen molar-refractivity contribution in [2.75, 3.05) is 52.4 Å². The lowest BCUT2D eigenvalue weighted by atomic mass is 9.97. The van der Waals surface area contributed by atoms with Gasteiger partial charge in [-0.2, -0.15) is 0 Å². The minimum Gasteiger partial charge on any atom is -0.459 e. The zero-order valence-corrected chi connectivity index (χ0v) is 17.6. The number of nitrogens with zero attached hydrogens (tertiary/aromatic N) is 4. The van der Waals surface area contributed by atoms with Gasteiger partial charge in [-0.05, 0) is 58.2 Å². The smallest absolute Gasteiger partial charge is 0.289 e. The van der Waals surface area contributed by atoms with Gasteiger partial charge in [0.25, 0.3) is 5.91 Å². The standard InChI is InChI=1S/C21H35N5O2/c1-4-22-21(23-15-18-7-5-9-26(16-18)17(2)3)25-12-10-24(11-13-25)20(27)19-8-6-14-28-19/h6,8,14,17-18H,4-5,7,9-13,15-16H2,1-3H3,(H,22,23). The number of amides is 1. The van der Waals surface area contributed by atoms with E-state index in [9.17, 15) is 4.79 Å². The molecule has 7 heteroatoms. The van der Waals surface area contributed by atoms with Crippen LogP contribution in [0.4, 0.5) is 0 Å². The van der Waals surface area contributed by atoms with Crippen LogP contribution in [0.2, 0.25) is 0 Å². The van der Waals surface area contributed by atoms with E-state index in [4.69, 9.17) is 9.41 Å². The van der Waals surface area contributed by atoms with Gasteiger partial charge in [0.1, 0.15) is 0 Å². The Kier molecular flexibility index (Phi) is 7.36. The predicted octanol–water partition coefficient (Wildman–Crippen LogP) is 2.12. The summed E-state index contributed by atoms with van der Waals surface area (Å²) in [5.74, 6) is 2.00. The molecule has 1 aromatic rings. The van der Waals surface area contributed by atoms with E-state index in [-0.39, 0.29) is 5.91 Å². The zero-order chi connectivity index (χ0) is 19.9. The fourth-order valence-electron chi connectivity index (χ4n) is 4.03. The van der Waals surface area contributed by atoms with Gasteiger partial charge in [0.15, 0.2) is 11.7 Å². The maximum atomic E-state index is 12.4. The average Bonchev–Trinajstić information content (AvgIpc) is 3.26. The Hall–Kier alpha value is -2.02. The quantitative estimate of drug-likeness (QED) is 0.617. The molecule has 1 unspecified atom stereocenters. The zero-order valence-electron chi connectivity index (χ0n) is 17.6. The largest absolute Gasteiger partial charge is 0.459 e. The Balaban J connectivity index is 1.54. The van der Waals surface area contributed by atoms with Gasteiger partial charge in [0.2, 0.25) is 0 Å². The number of piperidine rings is 1. The Labute approximate surface area is 168 Å². The lowest BCUT2D eigenvalue weighted by Gasteiger charge is -2.37. The molecule has 3 heterocycles. The molecule has 0 aliphatic carbocycles. The number of rotatable bonds is 5. The molecular formula is C21H35N5O2. The van der Waals surface area contributed by atoms with Gasteiger partial charge in [-0.15, -0.1) is 0 Å². The van der Waals surface area contributed by atoms with Crippen LogP contribution >= 0.6 is 0 Å². The monoisotopic (exact) mass is 389 g/mol. The van der Waals surface area contributed by atoms with E-state index in [1.54, 1.807) is 18.4 Å². The lowest BCUT2D eigenvalue weighted by molar-refractivity contribution is 0.0657. The molecule has 0 saturated carbocycles. The molecule has 1 amide bonds. The second-order valence-electron chi connectivity index (χ2n) is 8.05. The number of piperazine rings is 1. The van der Waals surface area contributed by atoms with E-state index in [0.29, 0.717) is 30.8 Å². The predicted molar refractivity (Wildman–Crippen MR) is 112 cm³/mol. The third-order valence-electron chi connectivity index (χ3n) is 5.71. The second kappa shape index (κ2) is 9.96. The first-order valence-corrected chi connectivity index (χ1v) is 10.7. The molecule has 3 rings (SSSR count). The summed E-state index contributed by atoms with van der Waals surface area (Å²) in [5.41, 5.74) is 0. The summed E-state index contributed by atoms with van der Waals surface area (Å²) >= 11 is 0. The average molecular weight is 390 g/mol. The highest BCUT2D eigenvalue weighted by Gasteiger charge is 2.26. The van der Waals surface area contributed by atoms with Crippen molar-refractivity contribution >= 4 is 11.9 Å². The molecule has 0 spiro atoms. The van der Waals surface area contributed by atoms with Crippen molar-refractivity contribution in [2.24, 2.45) is 10.9 Å².